The molecule has 3 aromatic rings. The molecule has 21 heavy (non-hydrogen) atoms. The number of nitrogens with one attached hydrogen (secondary N) is 1. The normalized spacial score (nSPS) is 10.5. The van der Waals surface area contributed by atoms with Crippen LogP contribution in [0.2, 0.25) is 5.02 Å². The monoisotopic (exact) mass is 299 g/mol. The summed E-state index contributed by atoms with van der Waals surface area (Å²) in [6, 6.07) is 14.8. The summed E-state index contributed by atoms with van der Waals surface area (Å²) in [6.45, 7) is 0. The predicted octanol–water partition coefficient (Wildman–Crippen LogP) is 3.70. The lowest BCUT2D eigenvalue weighted by Crippen LogP contribution is -2.12. The van der Waals surface area contributed by atoms with Crippen LogP contribution in [0, 0.1) is 0 Å². The van der Waals surface area contributed by atoms with Gasteiger partial charge in [0.25, 0.3) is 5.91 Å². The van der Waals surface area contributed by atoms with Gasteiger partial charge in [0.05, 0.1) is 10.6 Å². The van der Waals surface area contributed by atoms with Gasteiger partial charge in [0.2, 0.25) is 0 Å². The molecule has 0 radical (unpaired) electrons. The number of hydrogen-bond donors (Lipinski definition) is 1. The Bertz CT molecular complexity index is 886. The van der Waals surface area contributed by atoms with E-state index in [2.05, 4.69) is 5.32 Å². The van der Waals surface area contributed by atoms with E-state index in [4.69, 9.17) is 16.0 Å². The summed E-state index contributed by atoms with van der Waals surface area (Å²) in [5, 5.41) is 3.88. The first-order valence-corrected chi connectivity index (χ1v) is 6.61. The molecule has 104 valence electrons. The molecule has 4 nitrogen and oxygen atoms in total. The van der Waals surface area contributed by atoms with Crippen LogP contribution < -0.4 is 10.9 Å². The van der Waals surface area contributed by atoms with E-state index in [1.54, 1.807) is 48.5 Å². The highest BCUT2D eigenvalue weighted by Crippen LogP contribution is 2.20. The lowest BCUT2D eigenvalue weighted by atomic mass is 10.2. The second-order valence-corrected chi connectivity index (χ2v) is 4.85. The Balaban J connectivity index is 1.91. The molecule has 5 heteroatoms. The molecule has 0 aliphatic rings. The Labute approximate surface area is 125 Å². The third kappa shape index (κ3) is 2.80. The molecular weight excluding hydrogens is 290 g/mol. The van der Waals surface area contributed by atoms with Gasteiger partial charge in [-0.2, -0.15) is 0 Å². The number of rotatable bonds is 2. The molecule has 0 atom stereocenters. The Morgan fingerprint density at radius 3 is 2.67 bits per heavy atom. The van der Waals surface area contributed by atoms with E-state index < -0.39 is 5.63 Å². The fourth-order valence-electron chi connectivity index (χ4n) is 1.99. The van der Waals surface area contributed by atoms with Crippen LogP contribution in [0.4, 0.5) is 5.69 Å². The largest absolute Gasteiger partial charge is 0.423 e. The molecule has 3 rings (SSSR count). The minimum Gasteiger partial charge on any atom is -0.423 e. The maximum Gasteiger partial charge on any atom is 0.336 e. The Morgan fingerprint density at radius 2 is 1.86 bits per heavy atom. The van der Waals surface area contributed by atoms with Crippen molar-refractivity contribution in [1.29, 1.82) is 0 Å². The SMILES string of the molecule is O=C(Nc1ccc2oc(=O)ccc2c1)c1ccccc1Cl. The van der Waals surface area contributed by atoms with Gasteiger partial charge in [-0.25, -0.2) is 4.79 Å². The highest BCUT2D eigenvalue weighted by atomic mass is 35.5. The molecule has 0 fully saturated rings. The molecule has 0 saturated carbocycles. The lowest BCUT2D eigenvalue weighted by molar-refractivity contribution is 0.102. The van der Waals surface area contributed by atoms with Crippen molar-refractivity contribution < 1.29 is 9.21 Å². The molecule has 1 N–H and O–H groups in total. The predicted molar refractivity (Wildman–Crippen MR) is 81.9 cm³/mol. The minimum absolute atomic E-state index is 0.294. The first-order valence-electron chi connectivity index (χ1n) is 6.23. The van der Waals surface area contributed by atoms with Crippen molar-refractivity contribution in [3.8, 4) is 0 Å². The first kappa shape index (κ1) is 13.4. The van der Waals surface area contributed by atoms with Crippen molar-refractivity contribution in [3.05, 3.63) is 75.6 Å². The summed E-state index contributed by atoms with van der Waals surface area (Å²) in [7, 11) is 0. The van der Waals surface area contributed by atoms with E-state index >= 15 is 0 Å². The number of benzene rings is 2. The molecule has 0 aliphatic carbocycles. The third-order valence-electron chi connectivity index (χ3n) is 3.00. The summed E-state index contributed by atoms with van der Waals surface area (Å²) in [6.07, 6.45) is 0. The van der Waals surface area contributed by atoms with Crippen LogP contribution in [0.15, 0.2) is 63.8 Å². The summed E-state index contributed by atoms with van der Waals surface area (Å²) < 4.78 is 5.04. The van der Waals surface area contributed by atoms with Gasteiger partial charge < -0.3 is 9.73 Å². The van der Waals surface area contributed by atoms with Crippen LogP contribution in [0.25, 0.3) is 11.0 Å². The smallest absolute Gasteiger partial charge is 0.336 e. The summed E-state index contributed by atoms with van der Waals surface area (Å²) in [5.74, 6) is -0.294. The summed E-state index contributed by atoms with van der Waals surface area (Å²) in [4.78, 5) is 23.3. The summed E-state index contributed by atoms with van der Waals surface area (Å²) >= 11 is 5.99. The maximum absolute atomic E-state index is 12.2. The van der Waals surface area contributed by atoms with Crippen LogP contribution in [-0.2, 0) is 0 Å². The number of carbonyl (C=O) groups excluding carboxylic acids is 1. The minimum atomic E-state index is -0.407. The molecule has 0 unspecified atom stereocenters. The Morgan fingerprint density at radius 1 is 1.05 bits per heavy atom. The highest BCUT2D eigenvalue weighted by Gasteiger charge is 2.10. The van der Waals surface area contributed by atoms with E-state index in [0.29, 0.717) is 21.9 Å². The van der Waals surface area contributed by atoms with Gasteiger partial charge in [0, 0.05) is 17.1 Å². The second kappa shape index (κ2) is 5.42. The quantitative estimate of drug-likeness (QED) is 0.734. The number of carbonyl (C=O) groups is 1. The van der Waals surface area contributed by atoms with E-state index in [-0.39, 0.29) is 5.91 Å². The van der Waals surface area contributed by atoms with Gasteiger partial charge in [-0.1, -0.05) is 23.7 Å². The van der Waals surface area contributed by atoms with Crippen molar-refractivity contribution in [2.24, 2.45) is 0 Å². The lowest BCUT2D eigenvalue weighted by Gasteiger charge is -2.07. The number of fused-ring (bicyclic) bond motifs is 1. The second-order valence-electron chi connectivity index (χ2n) is 4.44. The fourth-order valence-corrected chi connectivity index (χ4v) is 2.21. The summed E-state index contributed by atoms with van der Waals surface area (Å²) in [5.41, 5.74) is 1.06. The van der Waals surface area contributed by atoms with Gasteiger partial charge >= 0.3 is 5.63 Å². The third-order valence-corrected chi connectivity index (χ3v) is 3.33. The van der Waals surface area contributed by atoms with E-state index in [1.165, 1.54) is 6.07 Å². The van der Waals surface area contributed by atoms with E-state index in [1.807, 2.05) is 0 Å². The van der Waals surface area contributed by atoms with Crippen molar-refractivity contribution in [1.82, 2.24) is 0 Å². The van der Waals surface area contributed by atoms with Gasteiger partial charge in [0.1, 0.15) is 5.58 Å². The average Bonchev–Trinajstić information content (AvgIpc) is 2.48. The molecule has 1 heterocycles. The number of anilines is 1. The van der Waals surface area contributed by atoms with Gasteiger partial charge in [0.15, 0.2) is 0 Å². The Hall–Kier alpha value is -2.59. The highest BCUT2D eigenvalue weighted by molar-refractivity contribution is 6.34. The van der Waals surface area contributed by atoms with Crippen LogP contribution >= 0.6 is 11.6 Å². The molecule has 2 aromatic carbocycles. The van der Waals surface area contributed by atoms with Gasteiger partial charge in [-0.3, -0.25) is 4.79 Å². The molecule has 1 aromatic heterocycles. The standard InChI is InChI=1S/C16H10ClNO3/c17-13-4-2-1-3-12(13)16(20)18-11-6-7-14-10(9-11)5-8-15(19)21-14/h1-9H,(H,18,20). The van der Waals surface area contributed by atoms with Crippen molar-refractivity contribution in [2.75, 3.05) is 5.32 Å². The van der Waals surface area contributed by atoms with Crippen LogP contribution in [-0.4, -0.2) is 5.91 Å². The molecule has 1 amide bonds. The molecule has 0 saturated heterocycles. The number of hydrogen-bond acceptors (Lipinski definition) is 3. The van der Waals surface area contributed by atoms with E-state index in [0.717, 1.165) is 5.39 Å². The van der Waals surface area contributed by atoms with Crippen molar-refractivity contribution in [3.63, 3.8) is 0 Å². The first-order chi connectivity index (χ1) is 10.1. The topological polar surface area (TPSA) is 59.3 Å². The van der Waals surface area contributed by atoms with E-state index in [9.17, 15) is 9.59 Å². The number of halogens is 1. The molecular formula is C16H10ClNO3. The van der Waals surface area contributed by atoms with Crippen LogP contribution in [0.5, 0.6) is 0 Å². The van der Waals surface area contributed by atoms with Crippen LogP contribution in [0.3, 0.4) is 0 Å². The molecule has 0 bridgehead atoms. The zero-order valence-electron chi connectivity index (χ0n) is 10.8. The molecule has 0 spiro atoms. The zero-order chi connectivity index (χ0) is 14.8. The maximum atomic E-state index is 12.2. The van der Waals surface area contributed by atoms with Crippen molar-refractivity contribution >= 4 is 34.2 Å². The van der Waals surface area contributed by atoms with Crippen LogP contribution in [0.1, 0.15) is 10.4 Å². The Kier molecular flexibility index (Phi) is 3.46. The average molecular weight is 300 g/mol. The van der Waals surface area contributed by atoms with Crippen molar-refractivity contribution in [2.45, 2.75) is 0 Å². The number of amides is 1. The fraction of sp³-hybridized carbons (Fsp3) is 0. The molecule has 0 aliphatic heterocycles. The van der Waals surface area contributed by atoms with Gasteiger partial charge in [-0.05, 0) is 36.4 Å². The zero-order valence-corrected chi connectivity index (χ0v) is 11.6. The van der Waals surface area contributed by atoms with Gasteiger partial charge in [-0.15, -0.1) is 0 Å².